The van der Waals surface area contributed by atoms with Crippen LogP contribution in [0.15, 0.2) is 18.3 Å². The minimum Gasteiger partial charge on any atom is -0.384 e. The molecule has 1 aromatic heterocycles. The fourth-order valence-electron chi connectivity index (χ4n) is 3.10. The standard InChI is InChI=1S/C14H20N4O/c15-13-9-11(3-5-16-13)14(19)18-8-4-12(10-18)17-6-1-2-7-17/h3,5,9,12H,1-2,4,6-8,10H2,(H2,15,16). The van der Waals surface area contributed by atoms with Crippen molar-refractivity contribution in [1.29, 1.82) is 0 Å². The van der Waals surface area contributed by atoms with E-state index in [0.29, 0.717) is 17.4 Å². The molecule has 1 unspecified atom stereocenters. The molecule has 2 N–H and O–H groups in total. The predicted molar refractivity (Wildman–Crippen MR) is 73.8 cm³/mol. The molecule has 2 aliphatic rings. The highest BCUT2D eigenvalue weighted by Crippen LogP contribution is 2.21. The second-order valence-electron chi connectivity index (χ2n) is 5.41. The highest BCUT2D eigenvalue weighted by molar-refractivity contribution is 5.94. The van der Waals surface area contributed by atoms with Crippen LogP contribution in [0.3, 0.4) is 0 Å². The Balaban J connectivity index is 1.65. The maximum Gasteiger partial charge on any atom is 0.254 e. The number of nitrogen functional groups attached to an aromatic ring is 1. The van der Waals surface area contributed by atoms with Crippen LogP contribution in [0.2, 0.25) is 0 Å². The first kappa shape index (κ1) is 12.4. The number of nitrogens with zero attached hydrogens (tertiary/aromatic N) is 3. The van der Waals surface area contributed by atoms with Crippen LogP contribution in [0.25, 0.3) is 0 Å². The predicted octanol–water partition coefficient (Wildman–Crippen LogP) is 0.974. The van der Waals surface area contributed by atoms with Gasteiger partial charge in [0.15, 0.2) is 0 Å². The molecular weight excluding hydrogens is 240 g/mol. The van der Waals surface area contributed by atoms with Crippen LogP contribution in [0.5, 0.6) is 0 Å². The molecule has 5 heteroatoms. The molecule has 2 saturated heterocycles. The molecule has 1 atom stereocenters. The minimum absolute atomic E-state index is 0.0794. The van der Waals surface area contributed by atoms with Crippen molar-refractivity contribution in [3.63, 3.8) is 0 Å². The zero-order valence-corrected chi connectivity index (χ0v) is 11.1. The van der Waals surface area contributed by atoms with E-state index in [0.717, 1.165) is 19.5 Å². The molecule has 0 aromatic carbocycles. The fraction of sp³-hybridized carbons (Fsp3) is 0.571. The van der Waals surface area contributed by atoms with E-state index in [1.54, 1.807) is 18.3 Å². The normalized spacial score (nSPS) is 24.0. The average molecular weight is 260 g/mol. The summed E-state index contributed by atoms with van der Waals surface area (Å²) >= 11 is 0. The summed E-state index contributed by atoms with van der Waals surface area (Å²) in [6.07, 6.45) is 5.28. The summed E-state index contributed by atoms with van der Waals surface area (Å²) in [5.74, 6) is 0.483. The van der Waals surface area contributed by atoms with Crippen LogP contribution in [0.1, 0.15) is 29.6 Å². The van der Waals surface area contributed by atoms with Gasteiger partial charge in [0, 0.05) is 30.9 Å². The van der Waals surface area contributed by atoms with Gasteiger partial charge in [0.05, 0.1) is 0 Å². The summed E-state index contributed by atoms with van der Waals surface area (Å²) in [6, 6.07) is 3.94. The Hall–Kier alpha value is -1.62. The molecule has 0 saturated carbocycles. The average Bonchev–Trinajstić information content (AvgIpc) is 3.08. The molecule has 2 fully saturated rings. The van der Waals surface area contributed by atoms with Crippen molar-refractivity contribution in [3.05, 3.63) is 23.9 Å². The Labute approximate surface area is 113 Å². The summed E-state index contributed by atoms with van der Waals surface area (Å²) < 4.78 is 0. The molecule has 0 bridgehead atoms. The van der Waals surface area contributed by atoms with Crippen LogP contribution >= 0.6 is 0 Å². The monoisotopic (exact) mass is 260 g/mol. The maximum atomic E-state index is 12.4. The number of pyridine rings is 1. The molecule has 1 amide bonds. The Bertz CT molecular complexity index is 470. The molecule has 102 valence electrons. The summed E-state index contributed by atoms with van der Waals surface area (Å²) in [7, 11) is 0. The molecule has 5 nitrogen and oxygen atoms in total. The van der Waals surface area contributed by atoms with E-state index in [1.165, 1.54) is 25.9 Å². The number of carbonyl (C=O) groups is 1. The van der Waals surface area contributed by atoms with Crippen molar-refractivity contribution in [2.24, 2.45) is 0 Å². The van der Waals surface area contributed by atoms with Gasteiger partial charge < -0.3 is 10.6 Å². The Morgan fingerprint density at radius 2 is 2.11 bits per heavy atom. The molecule has 19 heavy (non-hydrogen) atoms. The second kappa shape index (κ2) is 5.17. The van der Waals surface area contributed by atoms with Gasteiger partial charge in [-0.2, -0.15) is 0 Å². The molecular formula is C14H20N4O. The number of nitrogens with two attached hydrogens (primary N) is 1. The van der Waals surface area contributed by atoms with Gasteiger partial charge in [-0.25, -0.2) is 4.98 Å². The van der Waals surface area contributed by atoms with Gasteiger partial charge in [-0.15, -0.1) is 0 Å². The third kappa shape index (κ3) is 2.56. The van der Waals surface area contributed by atoms with Crippen molar-refractivity contribution in [2.75, 3.05) is 31.9 Å². The summed E-state index contributed by atoms with van der Waals surface area (Å²) in [6.45, 7) is 4.08. The topological polar surface area (TPSA) is 62.5 Å². The van der Waals surface area contributed by atoms with Crippen molar-refractivity contribution >= 4 is 11.7 Å². The number of hydrogen-bond donors (Lipinski definition) is 1. The molecule has 3 rings (SSSR count). The lowest BCUT2D eigenvalue weighted by Crippen LogP contribution is -2.37. The maximum absolute atomic E-state index is 12.4. The van der Waals surface area contributed by atoms with Gasteiger partial charge in [-0.3, -0.25) is 9.69 Å². The van der Waals surface area contributed by atoms with E-state index in [2.05, 4.69) is 9.88 Å². The first-order valence-electron chi connectivity index (χ1n) is 6.99. The molecule has 0 radical (unpaired) electrons. The van der Waals surface area contributed by atoms with Crippen LogP contribution in [0.4, 0.5) is 5.82 Å². The zero-order chi connectivity index (χ0) is 13.2. The van der Waals surface area contributed by atoms with E-state index < -0.39 is 0 Å². The Morgan fingerprint density at radius 3 is 2.84 bits per heavy atom. The van der Waals surface area contributed by atoms with Gasteiger partial charge in [-0.1, -0.05) is 0 Å². The van der Waals surface area contributed by atoms with Crippen molar-refractivity contribution in [3.8, 4) is 0 Å². The van der Waals surface area contributed by atoms with E-state index in [1.807, 2.05) is 4.90 Å². The third-order valence-corrected chi connectivity index (χ3v) is 4.14. The van der Waals surface area contributed by atoms with E-state index in [-0.39, 0.29) is 5.91 Å². The number of likely N-dealkylation sites (tertiary alicyclic amines) is 2. The van der Waals surface area contributed by atoms with Gasteiger partial charge in [0.1, 0.15) is 5.82 Å². The lowest BCUT2D eigenvalue weighted by atomic mass is 10.2. The first-order valence-corrected chi connectivity index (χ1v) is 6.99. The summed E-state index contributed by atoms with van der Waals surface area (Å²) in [4.78, 5) is 20.8. The summed E-state index contributed by atoms with van der Waals surface area (Å²) in [5, 5.41) is 0. The number of aromatic nitrogens is 1. The molecule has 0 spiro atoms. The third-order valence-electron chi connectivity index (χ3n) is 4.14. The van der Waals surface area contributed by atoms with E-state index in [9.17, 15) is 4.79 Å². The number of carbonyl (C=O) groups excluding carboxylic acids is 1. The van der Waals surface area contributed by atoms with Crippen molar-refractivity contribution < 1.29 is 4.79 Å². The van der Waals surface area contributed by atoms with Crippen LogP contribution in [-0.2, 0) is 0 Å². The Kier molecular flexibility index (Phi) is 3.38. The molecule has 1 aromatic rings. The van der Waals surface area contributed by atoms with Crippen molar-refractivity contribution in [1.82, 2.24) is 14.8 Å². The van der Waals surface area contributed by atoms with Crippen LogP contribution in [0, 0.1) is 0 Å². The van der Waals surface area contributed by atoms with E-state index >= 15 is 0 Å². The van der Waals surface area contributed by atoms with Gasteiger partial charge in [0.2, 0.25) is 0 Å². The number of rotatable bonds is 2. The fourth-order valence-corrected chi connectivity index (χ4v) is 3.10. The quantitative estimate of drug-likeness (QED) is 0.861. The number of amides is 1. The lowest BCUT2D eigenvalue weighted by Gasteiger charge is -2.23. The van der Waals surface area contributed by atoms with Gasteiger partial charge in [0.25, 0.3) is 5.91 Å². The van der Waals surface area contributed by atoms with Crippen LogP contribution < -0.4 is 5.73 Å². The van der Waals surface area contributed by atoms with Gasteiger partial charge >= 0.3 is 0 Å². The molecule has 3 heterocycles. The lowest BCUT2D eigenvalue weighted by molar-refractivity contribution is 0.0780. The largest absolute Gasteiger partial charge is 0.384 e. The minimum atomic E-state index is 0.0794. The smallest absolute Gasteiger partial charge is 0.254 e. The Morgan fingerprint density at radius 1 is 1.32 bits per heavy atom. The molecule has 2 aliphatic heterocycles. The first-order chi connectivity index (χ1) is 9.24. The van der Waals surface area contributed by atoms with E-state index in [4.69, 9.17) is 5.73 Å². The van der Waals surface area contributed by atoms with Crippen LogP contribution in [-0.4, -0.2) is 52.9 Å². The molecule has 0 aliphatic carbocycles. The SMILES string of the molecule is Nc1cc(C(=O)N2CCC(N3CCCC3)C2)ccn1. The second-order valence-corrected chi connectivity index (χ2v) is 5.41. The van der Waals surface area contributed by atoms with Gasteiger partial charge in [-0.05, 0) is 44.5 Å². The zero-order valence-electron chi connectivity index (χ0n) is 11.1. The highest BCUT2D eigenvalue weighted by Gasteiger charge is 2.31. The summed E-state index contributed by atoms with van der Waals surface area (Å²) in [5.41, 5.74) is 6.28. The number of hydrogen-bond acceptors (Lipinski definition) is 4. The number of anilines is 1. The highest BCUT2D eigenvalue weighted by atomic mass is 16.2. The van der Waals surface area contributed by atoms with Crippen molar-refractivity contribution in [2.45, 2.75) is 25.3 Å².